The predicted octanol–water partition coefficient (Wildman–Crippen LogP) is 8.01. The van der Waals surface area contributed by atoms with Crippen molar-refractivity contribution in [1.82, 2.24) is 0 Å². The van der Waals surface area contributed by atoms with E-state index in [-0.39, 0.29) is 5.82 Å². The Morgan fingerprint density at radius 3 is 2.25 bits per heavy atom. The molecule has 4 aromatic rings. The second-order valence-corrected chi connectivity index (χ2v) is 8.88. The topological polar surface area (TPSA) is 3.24 Å². The van der Waals surface area contributed by atoms with Crippen LogP contribution in [0, 0.1) is 5.82 Å². The molecular formula is C25H24FNS. The van der Waals surface area contributed by atoms with E-state index in [0.717, 1.165) is 31.8 Å². The first-order valence-corrected chi connectivity index (χ1v) is 11.0. The molecule has 1 aliphatic rings. The molecule has 1 fully saturated rings. The Labute approximate surface area is 169 Å². The SMILES string of the molecule is CN(c1ccc(C2CCCCC2)cc1)c1cccc2c1sc1c(F)cccc12. The summed E-state index contributed by atoms with van der Waals surface area (Å²) in [5.74, 6) is 0.589. The lowest BCUT2D eigenvalue weighted by Crippen LogP contribution is -2.10. The smallest absolute Gasteiger partial charge is 0.141 e. The monoisotopic (exact) mass is 389 g/mol. The molecule has 0 aliphatic heterocycles. The molecule has 3 heteroatoms. The van der Waals surface area contributed by atoms with E-state index in [1.165, 1.54) is 43.4 Å². The summed E-state index contributed by atoms with van der Waals surface area (Å²) >= 11 is 1.55. The third kappa shape index (κ3) is 2.98. The van der Waals surface area contributed by atoms with Gasteiger partial charge in [-0.15, -0.1) is 11.3 Å². The molecular weight excluding hydrogens is 365 g/mol. The number of thiophene rings is 1. The maximum Gasteiger partial charge on any atom is 0.141 e. The molecule has 3 aromatic carbocycles. The van der Waals surface area contributed by atoms with Crippen molar-refractivity contribution in [2.75, 3.05) is 11.9 Å². The Balaban J connectivity index is 1.52. The molecule has 1 aromatic heterocycles. The van der Waals surface area contributed by atoms with Crippen molar-refractivity contribution in [3.8, 4) is 0 Å². The van der Waals surface area contributed by atoms with Crippen molar-refractivity contribution in [1.29, 1.82) is 0 Å². The minimum Gasteiger partial charge on any atom is -0.343 e. The van der Waals surface area contributed by atoms with Gasteiger partial charge in [0, 0.05) is 23.5 Å². The number of hydrogen-bond acceptors (Lipinski definition) is 2. The second-order valence-electron chi connectivity index (χ2n) is 7.86. The third-order valence-corrected chi connectivity index (χ3v) is 7.43. The standard InChI is InChI=1S/C25H24FNS/c1-27(19-15-13-18(14-16-19)17-7-3-2-4-8-17)23-12-6-10-21-20-9-5-11-22(26)24(20)28-25(21)23/h5-6,9-17H,2-4,7-8H2,1H3. The molecule has 0 N–H and O–H groups in total. The molecule has 142 valence electrons. The van der Waals surface area contributed by atoms with Crippen LogP contribution < -0.4 is 4.90 Å². The highest BCUT2D eigenvalue weighted by atomic mass is 32.1. The Morgan fingerprint density at radius 1 is 0.821 bits per heavy atom. The highest BCUT2D eigenvalue weighted by Crippen LogP contribution is 2.42. The Kier molecular flexibility index (Phi) is 4.56. The van der Waals surface area contributed by atoms with Crippen LogP contribution in [0.4, 0.5) is 15.8 Å². The molecule has 1 heterocycles. The van der Waals surface area contributed by atoms with Crippen molar-refractivity contribution in [3.63, 3.8) is 0 Å². The average Bonchev–Trinajstić information content (AvgIpc) is 3.14. The first-order chi connectivity index (χ1) is 13.7. The maximum absolute atomic E-state index is 14.3. The average molecular weight is 390 g/mol. The fraction of sp³-hybridized carbons (Fsp3) is 0.280. The number of benzene rings is 3. The summed E-state index contributed by atoms with van der Waals surface area (Å²) in [6.45, 7) is 0. The lowest BCUT2D eigenvalue weighted by molar-refractivity contribution is 0.443. The van der Waals surface area contributed by atoms with E-state index in [1.807, 2.05) is 6.07 Å². The largest absolute Gasteiger partial charge is 0.343 e. The van der Waals surface area contributed by atoms with E-state index in [0.29, 0.717) is 0 Å². The van der Waals surface area contributed by atoms with E-state index < -0.39 is 0 Å². The lowest BCUT2D eigenvalue weighted by atomic mass is 9.84. The highest BCUT2D eigenvalue weighted by molar-refractivity contribution is 7.26. The van der Waals surface area contributed by atoms with Gasteiger partial charge in [-0.1, -0.05) is 55.7 Å². The Bertz CT molecular complexity index is 1120. The van der Waals surface area contributed by atoms with Crippen LogP contribution in [0.2, 0.25) is 0 Å². The van der Waals surface area contributed by atoms with Crippen LogP contribution in [0.3, 0.4) is 0 Å². The summed E-state index contributed by atoms with van der Waals surface area (Å²) in [5, 5.41) is 2.13. The van der Waals surface area contributed by atoms with Crippen molar-refractivity contribution in [3.05, 3.63) is 72.0 Å². The van der Waals surface area contributed by atoms with Gasteiger partial charge in [-0.25, -0.2) is 4.39 Å². The molecule has 1 nitrogen and oxygen atoms in total. The first kappa shape index (κ1) is 17.7. The molecule has 0 saturated heterocycles. The van der Waals surface area contributed by atoms with Gasteiger partial charge in [0.1, 0.15) is 5.82 Å². The predicted molar refractivity (Wildman–Crippen MR) is 120 cm³/mol. The van der Waals surface area contributed by atoms with Gasteiger partial charge in [0.25, 0.3) is 0 Å². The second kappa shape index (κ2) is 7.21. The summed E-state index contributed by atoms with van der Waals surface area (Å²) < 4.78 is 16.2. The van der Waals surface area contributed by atoms with Crippen LogP contribution in [0.5, 0.6) is 0 Å². The summed E-state index contributed by atoms with van der Waals surface area (Å²) in [6, 6.07) is 20.7. The first-order valence-electron chi connectivity index (χ1n) is 10.2. The summed E-state index contributed by atoms with van der Waals surface area (Å²) in [5.41, 5.74) is 3.77. The van der Waals surface area contributed by atoms with Gasteiger partial charge in [0.15, 0.2) is 0 Å². The van der Waals surface area contributed by atoms with E-state index in [4.69, 9.17) is 0 Å². The molecule has 0 unspecified atom stereocenters. The van der Waals surface area contributed by atoms with Gasteiger partial charge < -0.3 is 4.90 Å². The number of halogens is 1. The Morgan fingerprint density at radius 2 is 1.50 bits per heavy atom. The summed E-state index contributed by atoms with van der Waals surface area (Å²) in [4.78, 5) is 2.22. The molecule has 28 heavy (non-hydrogen) atoms. The number of anilines is 2. The summed E-state index contributed by atoms with van der Waals surface area (Å²) in [6.07, 6.45) is 6.74. The molecule has 1 saturated carbocycles. The zero-order chi connectivity index (χ0) is 19.1. The lowest BCUT2D eigenvalue weighted by Gasteiger charge is -2.24. The minimum atomic E-state index is -0.135. The van der Waals surface area contributed by atoms with Gasteiger partial charge in [0.2, 0.25) is 0 Å². The van der Waals surface area contributed by atoms with Gasteiger partial charge >= 0.3 is 0 Å². The summed E-state index contributed by atoms with van der Waals surface area (Å²) in [7, 11) is 2.10. The van der Waals surface area contributed by atoms with Crippen LogP contribution in [0.1, 0.15) is 43.6 Å². The fourth-order valence-corrected chi connectivity index (χ4v) is 5.84. The van der Waals surface area contributed by atoms with Crippen molar-refractivity contribution >= 4 is 42.9 Å². The number of rotatable bonds is 3. The van der Waals surface area contributed by atoms with Gasteiger partial charge in [-0.05, 0) is 48.6 Å². The highest BCUT2D eigenvalue weighted by Gasteiger charge is 2.17. The molecule has 0 atom stereocenters. The zero-order valence-corrected chi connectivity index (χ0v) is 16.9. The van der Waals surface area contributed by atoms with Crippen LogP contribution in [-0.4, -0.2) is 7.05 Å². The molecule has 0 bridgehead atoms. The molecule has 0 spiro atoms. The van der Waals surface area contributed by atoms with Crippen molar-refractivity contribution in [2.24, 2.45) is 0 Å². The van der Waals surface area contributed by atoms with E-state index in [2.05, 4.69) is 54.4 Å². The van der Waals surface area contributed by atoms with Crippen LogP contribution in [0.15, 0.2) is 60.7 Å². The number of fused-ring (bicyclic) bond motifs is 3. The fourth-order valence-electron chi connectivity index (χ4n) is 4.58. The van der Waals surface area contributed by atoms with Crippen LogP contribution >= 0.6 is 11.3 Å². The molecule has 0 amide bonds. The molecule has 0 radical (unpaired) electrons. The van der Waals surface area contributed by atoms with E-state index >= 15 is 0 Å². The van der Waals surface area contributed by atoms with E-state index in [9.17, 15) is 4.39 Å². The normalized spacial score (nSPS) is 15.4. The van der Waals surface area contributed by atoms with Crippen molar-refractivity contribution < 1.29 is 4.39 Å². The van der Waals surface area contributed by atoms with Gasteiger partial charge in [-0.2, -0.15) is 0 Å². The minimum absolute atomic E-state index is 0.135. The van der Waals surface area contributed by atoms with Gasteiger partial charge in [-0.3, -0.25) is 0 Å². The molecule has 5 rings (SSSR count). The number of nitrogens with zero attached hydrogens (tertiary/aromatic N) is 1. The third-order valence-electron chi connectivity index (χ3n) is 6.17. The van der Waals surface area contributed by atoms with E-state index in [1.54, 1.807) is 23.5 Å². The Hall–Kier alpha value is -2.39. The maximum atomic E-state index is 14.3. The zero-order valence-electron chi connectivity index (χ0n) is 16.1. The molecule has 1 aliphatic carbocycles. The van der Waals surface area contributed by atoms with Crippen LogP contribution in [0.25, 0.3) is 20.2 Å². The van der Waals surface area contributed by atoms with Crippen LogP contribution in [-0.2, 0) is 0 Å². The van der Waals surface area contributed by atoms with Gasteiger partial charge in [0.05, 0.1) is 15.1 Å². The quantitative estimate of drug-likeness (QED) is 0.343. The van der Waals surface area contributed by atoms with Crippen molar-refractivity contribution in [2.45, 2.75) is 38.0 Å². The number of hydrogen-bond donors (Lipinski definition) is 0.